The Labute approximate surface area is 279 Å². The highest BCUT2D eigenvalue weighted by Crippen LogP contribution is 2.27. The van der Waals surface area contributed by atoms with Gasteiger partial charge in [0.2, 0.25) is 5.12 Å². The Morgan fingerprint density at radius 1 is 0.957 bits per heavy atom. The van der Waals surface area contributed by atoms with Crippen molar-refractivity contribution in [3.05, 3.63) is 119 Å². The van der Waals surface area contributed by atoms with Gasteiger partial charge in [-0.1, -0.05) is 75.0 Å². The minimum absolute atomic E-state index is 0.0425. The van der Waals surface area contributed by atoms with Crippen LogP contribution >= 0.6 is 11.8 Å². The number of carbonyl (C=O) groups excluding carboxylic acids is 2. The molecular weight excluding hydrogens is 609 g/mol. The molecule has 2 heterocycles. The van der Waals surface area contributed by atoms with Gasteiger partial charge in [-0.15, -0.1) is 0 Å². The molecule has 0 unspecified atom stereocenters. The van der Waals surface area contributed by atoms with E-state index in [1.54, 1.807) is 36.7 Å². The first-order valence-electron chi connectivity index (χ1n) is 15.9. The molecule has 0 saturated heterocycles. The summed E-state index contributed by atoms with van der Waals surface area (Å²) in [5, 5.41) is 12.8. The first-order chi connectivity index (χ1) is 22.6. The zero-order valence-electron chi connectivity index (χ0n) is 27.2. The third-order valence-corrected chi connectivity index (χ3v) is 9.11. The standard InChI is InChI=1S/C38H40N4O4S/c1-5-8-34-41-35-25(4)20-29(36(43)40-30(19-24(2)3)23-47-38(46)28-15-17-39-18-16-28)21-33(35)42(34)22-26-11-13-27(14-12-26)31-9-6-7-10-32(31)37(44)45/h6-7,9-18,20-21,24,30H,5,8,19,22-23H2,1-4H3,(H,40,43)(H,44,45)/t30-/m1/s1. The van der Waals surface area contributed by atoms with Gasteiger partial charge in [-0.2, -0.15) is 0 Å². The summed E-state index contributed by atoms with van der Waals surface area (Å²) in [5.74, 6) is 0.624. The number of benzene rings is 3. The molecule has 0 bridgehead atoms. The van der Waals surface area contributed by atoms with Gasteiger partial charge < -0.3 is 15.0 Å². The molecule has 0 radical (unpaired) electrons. The molecule has 0 aliphatic carbocycles. The zero-order chi connectivity index (χ0) is 33.5. The maximum atomic E-state index is 13.7. The van der Waals surface area contributed by atoms with Gasteiger partial charge in [0.25, 0.3) is 5.91 Å². The van der Waals surface area contributed by atoms with Crippen molar-refractivity contribution in [1.82, 2.24) is 19.9 Å². The molecule has 1 amide bonds. The fourth-order valence-corrected chi connectivity index (χ4v) is 6.68. The lowest BCUT2D eigenvalue weighted by Gasteiger charge is -2.20. The number of aromatic carboxylic acids is 1. The highest BCUT2D eigenvalue weighted by Gasteiger charge is 2.21. The third-order valence-electron chi connectivity index (χ3n) is 8.05. The number of fused-ring (bicyclic) bond motifs is 1. The summed E-state index contributed by atoms with van der Waals surface area (Å²) in [6.07, 6.45) is 5.67. The van der Waals surface area contributed by atoms with Gasteiger partial charge in [0.1, 0.15) is 5.82 Å². The van der Waals surface area contributed by atoms with Crippen LogP contribution in [0.4, 0.5) is 0 Å². The number of aromatic nitrogens is 3. The topological polar surface area (TPSA) is 114 Å². The first kappa shape index (κ1) is 33.6. The lowest BCUT2D eigenvalue weighted by molar-refractivity contribution is 0.0697. The van der Waals surface area contributed by atoms with Gasteiger partial charge in [-0.05, 0) is 78.3 Å². The Kier molecular flexibility index (Phi) is 10.9. The van der Waals surface area contributed by atoms with Crippen LogP contribution in [-0.4, -0.2) is 48.4 Å². The summed E-state index contributed by atoms with van der Waals surface area (Å²) < 4.78 is 2.18. The van der Waals surface area contributed by atoms with E-state index in [9.17, 15) is 19.5 Å². The maximum Gasteiger partial charge on any atom is 0.336 e. The Bertz CT molecular complexity index is 1880. The molecule has 242 valence electrons. The first-order valence-corrected chi connectivity index (χ1v) is 16.9. The SMILES string of the molecule is CCCc1nc2c(C)cc(C(=O)N[C@@H](CSC(=O)c3ccncc3)CC(C)C)cc2n1Cc1ccc(-c2ccccc2C(=O)O)cc1. The number of amides is 1. The van der Waals surface area contributed by atoms with E-state index in [0.717, 1.165) is 52.8 Å². The monoisotopic (exact) mass is 648 g/mol. The number of carbonyl (C=O) groups is 3. The quantitative estimate of drug-likeness (QED) is 0.134. The fraction of sp³-hybridized carbons (Fsp3) is 0.289. The number of rotatable bonds is 13. The van der Waals surface area contributed by atoms with Crippen molar-refractivity contribution >= 4 is 39.8 Å². The molecule has 1 atom stereocenters. The molecule has 0 fully saturated rings. The highest BCUT2D eigenvalue weighted by atomic mass is 32.2. The summed E-state index contributed by atoms with van der Waals surface area (Å²) in [6, 6.07) is 22.0. The van der Waals surface area contributed by atoms with E-state index in [1.807, 2.05) is 55.5 Å². The van der Waals surface area contributed by atoms with Crippen LogP contribution in [0.5, 0.6) is 0 Å². The van der Waals surface area contributed by atoms with Crippen LogP contribution in [0.2, 0.25) is 0 Å². The summed E-state index contributed by atoms with van der Waals surface area (Å²) in [6.45, 7) is 8.87. The number of carboxylic acids is 1. The molecule has 0 aliphatic rings. The van der Waals surface area contributed by atoms with E-state index in [4.69, 9.17) is 4.98 Å². The molecule has 3 aromatic carbocycles. The molecule has 0 aliphatic heterocycles. The summed E-state index contributed by atoms with van der Waals surface area (Å²) in [4.78, 5) is 47.2. The van der Waals surface area contributed by atoms with Crippen molar-refractivity contribution in [2.24, 2.45) is 5.92 Å². The van der Waals surface area contributed by atoms with Crippen molar-refractivity contribution in [3.63, 3.8) is 0 Å². The molecule has 2 aromatic heterocycles. The lowest BCUT2D eigenvalue weighted by Crippen LogP contribution is -2.38. The number of imidazole rings is 1. The van der Waals surface area contributed by atoms with Gasteiger partial charge >= 0.3 is 5.97 Å². The van der Waals surface area contributed by atoms with Crippen LogP contribution in [0.25, 0.3) is 22.2 Å². The van der Waals surface area contributed by atoms with E-state index < -0.39 is 5.97 Å². The molecular formula is C38H40N4O4S. The number of hydrogen-bond acceptors (Lipinski definition) is 6. The number of hydrogen-bond donors (Lipinski definition) is 2. The third kappa shape index (κ3) is 8.16. The molecule has 0 saturated carbocycles. The van der Waals surface area contributed by atoms with Crippen LogP contribution in [0.15, 0.2) is 85.2 Å². The number of carboxylic acid groups (broad SMARTS) is 1. The van der Waals surface area contributed by atoms with Crippen molar-refractivity contribution in [3.8, 4) is 11.1 Å². The van der Waals surface area contributed by atoms with Crippen molar-refractivity contribution in [2.75, 3.05) is 5.75 Å². The number of nitrogens with one attached hydrogen (secondary N) is 1. The van der Waals surface area contributed by atoms with Gasteiger partial charge in [0, 0.05) is 48.3 Å². The van der Waals surface area contributed by atoms with Gasteiger partial charge in [0.15, 0.2) is 0 Å². The largest absolute Gasteiger partial charge is 0.478 e. The van der Waals surface area contributed by atoms with Crippen molar-refractivity contribution < 1.29 is 19.5 Å². The molecule has 5 rings (SSSR count). The Balaban J connectivity index is 1.40. The van der Waals surface area contributed by atoms with Crippen LogP contribution in [0, 0.1) is 12.8 Å². The van der Waals surface area contributed by atoms with Gasteiger partial charge in [-0.3, -0.25) is 14.6 Å². The molecule has 47 heavy (non-hydrogen) atoms. The second-order valence-corrected chi connectivity index (χ2v) is 13.2. The predicted molar refractivity (Wildman–Crippen MR) is 188 cm³/mol. The molecule has 9 heteroatoms. The van der Waals surface area contributed by atoms with Crippen LogP contribution < -0.4 is 5.32 Å². The molecule has 2 N–H and O–H groups in total. The van der Waals surface area contributed by atoms with E-state index in [1.165, 1.54) is 11.8 Å². The normalized spacial score (nSPS) is 11.9. The minimum atomic E-state index is -0.957. The van der Waals surface area contributed by atoms with Crippen LogP contribution in [0.1, 0.15) is 81.6 Å². The number of aryl methyl sites for hydroxylation is 2. The number of thioether (sulfide) groups is 1. The second-order valence-electron chi connectivity index (χ2n) is 12.2. The highest BCUT2D eigenvalue weighted by molar-refractivity contribution is 8.14. The van der Waals surface area contributed by atoms with Crippen molar-refractivity contribution in [1.29, 1.82) is 0 Å². The smallest absolute Gasteiger partial charge is 0.336 e. The zero-order valence-corrected chi connectivity index (χ0v) is 28.0. The Morgan fingerprint density at radius 3 is 2.36 bits per heavy atom. The van der Waals surface area contributed by atoms with Gasteiger partial charge in [-0.25, -0.2) is 9.78 Å². The van der Waals surface area contributed by atoms with Crippen LogP contribution in [0.3, 0.4) is 0 Å². The number of pyridine rings is 1. The van der Waals surface area contributed by atoms with Crippen molar-refractivity contribution in [2.45, 2.75) is 59.5 Å². The van der Waals surface area contributed by atoms with E-state index in [0.29, 0.717) is 34.9 Å². The number of nitrogens with zero attached hydrogens (tertiary/aromatic N) is 3. The average Bonchev–Trinajstić information content (AvgIpc) is 3.41. The van der Waals surface area contributed by atoms with E-state index >= 15 is 0 Å². The predicted octanol–water partition coefficient (Wildman–Crippen LogP) is 7.82. The fourth-order valence-electron chi connectivity index (χ4n) is 5.81. The maximum absolute atomic E-state index is 13.7. The molecule has 0 spiro atoms. The second kappa shape index (κ2) is 15.2. The van der Waals surface area contributed by atoms with E-state index in [-0.39, 0.29) is 22.6 Å². The Morgan fingerprint density at radius 2 is 1.68 bits per heavy atom. The molecule has 8 nitrogen and oxygen atoms in total. The average molecular weight is 649 g/mol. The Hall–Kier alpha value is -4.76. The molecule has 5 aromatic rings. The summed E-state index contributed by atoms with van der Waals surface area (Å²) in [7, 11) is 0. The minimum Gasteiger partial charge on any atom is -0.478 e. The lowest BCUT2D eigenvalue weighted by atomic mass is 9.98. The summed E-state index contributed by atoms with van der Waals surface area (Å²) >= 11 is 1.21. The van der Waals surface area contributed by atoms with Gasteiger partial charge in [0.05, 0.1) is 16.6 Å². The summed E-state index contributed by atoms with van der Waals surface area (Å²) in [5.41, 5.74) is 6.65. The van der Waals surface area contributed by atoms with Crippen LogP contribution in [-0.2, 0) is 13.0 Å². The van der Waals surface area contributed by atoms with E-state index in [2.05, 4.69) is 35.6 Å².